The second-order valence-corrected chi connectivity index (χ2v) is 7.46. The molecule has 1 unspecified atom stereocenters. The molecular weight excluding hydrogens is 390 g/mol. The van der Waals surface area contributed by atoms with E-state index >= 15 is 0 Å². The van der Waals surface area contributed by atoms with Gasteiger partial charge in [0.2, 0.25) is 5.95 Å². The molecule has 2 rings (SSSR count). The highest BCUT2D eigenvalue weighted by molar-refractivity contribution is 9.10. The topological polar surface area (TPSA) is 113 Å². The molecule has 0 amide bonds. The van der Waals surface area contributed by atoms with Gasteiger partial charge in [-0.3, -0.25) is 0 Å². The molecule has 2 heterocycles. The van der Waals surface area contributed by atoms with Crippen LogP contribution in [0.15, 0.2) is 26.3 Å². The summed E-state index contributed by atoms with van der Waals surface area (Å²) >= 11 is 4.68. The van der Waals surface area contributed by atoms with E-state index in [1.165, 1.54) is 11.3 Å². The fraction of sp³-hybridized carbons (Fsp3) is 0.333. The number of rotatable bonds is 7. The number of aliphatic hydroxyl groups is 1. The van der Waals surface area contributed by atoms with Gasteiger partial charge in [-0.1, -0.05) is 6.92 Å². The number of nitrogens with one attached hydrogen (secondary N) is 2. The highest BCUT2D eigenvalue weighted by Crippen LogP contribution is 2.26. The largest absolute Gasteiger partial charge is 0.394 e. The number of anilines is 3. The van der Waals surface area contributed by atoms with Crippen molar-refractivity contribution < 1.29 is 9.32 Å². The molecule has 0 aliphatic rings. The molecule has 0 fully saturated rings. The van der Waals surface area contributed by atoms with E-state index in [9.17, 15) is 9.32 Å². The van der Waals surface area contributed by atoms with Crippen LogP contribution in [0.4, 0.5) is 17.5 Å². The second-order valence-electron chi connectivity index (χ2n) is 4.40. The zero-order valence-corrected chi connectivity index (χ0v) is 15.0. The van der Waals surface area contributed by atoms with E-state index in [-0.39, 0.29) is 12.6 Å². The summed E-state index contributed by atoms with van der Waals surface area (Å²) in [5.74, 6) is 0.988. The third-order valence-electron chi connectivity index (χ3n) is 2.83. The Balaban J connectivity index is 2.15. The van der Waals surface area contributed by atoms with E-state index in [0.717, 1.165) is 12.1 Å². The molecule has 0 radical (unpaired) electrons. The van der Waals surface area contributed by atoms with E-state index in [2.05, 4.69) is 36.5 Å². The Morgan fingerprint density at radius 3 is 2.95 bits per heavy atom. The molecule has 0 saturated heterocycles. The van der Waals surface area contributed by atoms with Gasteiger partial charge in [0.05, 0.1) is 22.8 Å². The Kier molecular flexibility index (Phi) is 6.26. The Bertz CT molecular complexity index is 663. The molecule has 7 nitrogen and oxygen atoms in total. The molecule has 22 heavy (non-hydrogen) atoms. The number of aliphatic hydroxyl groups excluding tert-OH is 1. The van der Waals surface area contributed by atoms with Crippen LogP contribution in [0.2, 0.25) is 0 Å². The average molecular weight is 406 g/mol. The van der Waals surface area contributed by atoms with E-state index in [1.54, 1.807) is 17.6 Å². The first-order valence-electron chi connectivity index (χ1n) is 6.45. The van der Waals surface area contributed by atoms with Gasteiger partial charge in [0.1, 0.15) is 21.0 Å². The first-order valence-corrected chi connectivity index (χ1v) is 9.33. The summed E-state index contributed by atoms with van der Waals surface area (Å²) in [6, 6.07) is 1.62. The smallest absolute Gasteiger partial charge is 0.229 e. The number of hydrogen-bond donors (Lipinski definition) is 4. The van der Waals surface area contributed by atoms with Crippen molar-refractivity contribution >= 4 is 55.7 Å². The SMILES string of the molecule is CC[C@H](CO)Nc1nc(Nc2csc(S(N)=O)c2)ncc1Br. The summed E-state index contributed by atoms with van der Waals surface area (Å²) in [7, 11) is -1.49. The van der Waals surface area contributed by atoms with Crippen LogP contribution >= 0.6 is 27.3 Å². The first kappa shape index (κ1) is 17.3. The van der Waals surface area contributed by atoms with Gasteiger partial charge in [-0.25, -0.2) is 14.3 Å². The van der Waals surface area contributed by atoms with Crippen molar-refractivity contribution in [1.29, 1.82) is 0 Å². The molecular formula is C12H16BrN5O2S2. The lowest BCUT2D eigenvalue weighted by Gasteiger charge is -2.16. The van der Waals surface area contributed by atoms with Crippen LogP contribution in [0.5, 0.6) is 0 Å². The van der Waals surface area contributed by atoms with Crippen LogP contribution in [-0.4, -0.2) is 31.9 Å². The predicted molar refractivity (Wildman–Crippen MR) is 92.7 cm³/mol. The number of thiophene rings is 1. The minimum absolute atomic E-state index is 0.0198. The quantitative estimate of drug-likeness (QED) is 0.561. The number of hydrogen-bond acceptors (Lipinski definition) is 7. The molecule has 0 bridgehead atoms. The lowest BCUT2D eigenvalue weighted by molar-refractivity contribution is 0.271. The highest BCUT2D eigenvalue weighted by atomic mass is 79.9. The van der Waals surface area contributed by atoms with E-state index in [1.807, 2.05) is 6.92 Å². The van der Waals surface area contributed by atoms with Gasteiger partial charge in [0, 0.05) is 11.6 Å². The molecule has 5 N–H and O–H groups in total. The maximum Gasteiger partial charge on any atom is 0.229 e. The van der Waals surface area contributed by atoms with Crippen LogP contribution < -0.4 is 15.8 Å². The van der Waals surface area contributed by atoms with Gasteiger partial charge in [-0.05, 0) is 28.4 Å². The van der Waals surface area contributed by atoms with Gasteiger partial charge in [-0.2, -0.15) is 4.98 Å². The Labute approximate surface area is 143 Å². The normalized spacial score (nSPS) is 13.6. The fourth-order valence-corrected chi connectivity index (χ4v) is 3.25. The molecule has 0 spiro atoms. The number of aromatic nitrogens is 2. The fourth-order valence-electron chi connectivity index (χ4n) is 1.62. The van der Waals surface area contributed by atoms with Crippen molar-refractivity contribution in [3.63, 3.8) is 0 Å². The Morgan fingerprint density at radius 2 is 2.36 bits per heavy atom. The number of nitrogens with two attached hydrogens (primary N) is 1. The van der Waals surface area contributed by atoms with Crippen molar-refractivity contribution in [1.82, 2.24) is 9.97 Å². The summed E-state index contributed by atoms with van der Waals surface area (Å²) in [6.07, 6.45) is 2.39. The predicted octanol–water partition coefficient (Wildman–Crippen LogP) is 2.21. The van der Waals surface area contributed by atoms with Gasteiger partial charge in [0.15, 0.2) is 0 Å². The average Bonchev–Trinajstić information content (AvgIpc) is 2.96. The standard InChI is InChI=1S/C12H16BrN5O2S2/c1-2-7(5-19)16-11-9(13)4-15-12(18-11)17-8-3-10(21-6-8)22(14)20/h3-4,6-7,19H,2,5,14H2,1H3,(H2,15,16,17,18)/t7-,22?/m1/s1. The minimum atomic E-state index is -1.49. The summed E-state index contributed by atoms with van der Waals surface area (Å²) < 4.78 is 12.5. The molecule has 0 aliphatic heterocycles. The summed E-state index contributed by atoms with van der Waals surface area (Å²) in [5, 5.41) is 22.6. The molecule has 2 aromatic rings. The van der Waals surface area contributed by atoms with Crippen LogP contribution in [0.25, 0.3) is 0 Å². The Hall–Kier alpha value is -1.07. The lowest BCUT2D eigenvalue weighted by atomic mass is 10.2. The van der Waals surface area contributed by atoms with Gasteiger partial charge >= 0.3 is 0 Å². The van der Waals surface area contributed by atoms with Crippen LogP contribution in [0, 0.1) is 0 Å². The molecule has 0 aliphatic carbocycles. The lowest BCUT2D eigenvalue weighted by Crippen LogP contribution is -2.23. The maximum atomic E-state index is 11.2. The van der Waals surface area contributed by atoms with Crippen molar-refractivity contribution in [2.75, 3.05) is 17.2 Å². The van der Waals surface area contributed by atoms with Crippen molar-refractivity contribution in [2.45, 2.75) is 23.6 Å². The summed E-state index contributed by atoms with van der Waals surface area (Å²) in [6.45, 7) is 1.99. The third kappa shape index (κ3) is 4.46. The zero-order chi connectivity index (χ0) is 16.1. The van der Waals surface area contributed by atoms with E-state index in [0.29, 0.717) is 20.4 Å². The molecule has 0 aromatic carbocycles. The van der Waals surface area contributed by atoms with Gasteiger partial charge in [0.25, 0.3) is 0 Å². The van der Waals surface area contributed by atoms with Crippen LogP contribution in [-0.2, 0) is 11.0 Å². The van der Waals surface area contributed by atoms with Gasteiger partial charge < -0.3 is 15.7 Å². The first-order chi connectivity index (χ1) is 10.5. The molecule has 10 heteroatoms. The van der Waals surface area contributed by atoms with E-state index < -0.39 is 11.0 Å². The Morgan fingerprint density at radius 1 is 1.59 bits per heavy atom. The molecule has 2 atom stereocenters. The van der Waals surface area contributed by atoms with Crippen molar-refractivity contribution in [3.8, 4) is 0 Å². The summed E-state index contributed by atoms with van der Waals surface area (Å²) in [4.78, 5) is 8.54. The molecule has 0 saturated carbocycles. The van der Waals surface area contributed by atoms with Crippen LogP contribution in [0.3, 0.4) is 0 Å². The molecule has 2 aromatic heterocycles. The van der Waals surface area contributed by atoms with Crippen molar-refractivity contribution in [3.05, 3.63) is 22.1 Å². The number of nitrogens with zero attached hydrogens (tertiary/aromatic N) is 2. The second kappa shape index (κ2) is 7.97. The zero-order valence-electron chi connectivity index (χ0n) is 11.7. The minimum Gasteiger partial charge on any atom is -0.394 e. The highest BCUT2D eigenvalue weighted by Gasteiger charge is 2.11. The van der Waals surface area contributed by atoms with Crippen molar-refractivity contribution in [2.24, 2.45) is 5.14 Å². The maximum absolute atomic E-state index is 11.2. The van der Waals surface area contributed by atoms with E-state index in [4.69, 9.17) is 5.14 Å². The summed E-state index contributed by atoms with van der Waals surface area (Å²) in [5.41, 5.74) is 0.723. The number of halogens is 1. The molecule has 120 valence electrons. The third-order valence-corrected chi connectivity index (χ3v) is 5.43. The monoisotopic (exact) mass is 405 g/mol. The van der Waals surface area contributed by atoms with Gasteiger partial charge in [-0.15, -0.1) is 11.3 Å². The van der Waals surface area contributed by atoms with Crippen LogP contribution in [0.1, 0.15) is 13.3 Å².